The normalized spacial score (nSPS) is 14.8. The molecule has 1 amide bonds. The average molecular weight is 420 g/mol. The van der Waals surface area contributed by atoms with E-state index in [4.69, 9.17) is 11.6 Å². The predicted molar refractivity (Wildman–Crippen MR) is 115 cm³/mol. The molecule has 3 aromatic rings. The summed E-state index contributed by atoms with van der Waals surface area (Å²) in [7, 11) is 0. The summed E-state index contributed by atoms with van der Waals surface area (Å²) in [4.78, 5) is 29.5. The molecule has 0 saturated heterocycles. The lowest BCUT2D eigenvalue weighted by molar-refractivity contribution is -0.384. The maximum atomic E-state index is 13.2. The molecular weight excluding hydrogens is 406 g/mol. The standard InChI is InChI=1S/C22H14ClN3O4/c23-19-4-2-1-3-18(19)21-24-20(13-14-5-7-16(8-6-14)26(29)30)22(28)25(21)15-9-11-17(27)12-10-15/h1-13,27H/b20-13+. The molecule has 3 aromatic carbocycles. The first-order chi connectivity index (χ1) is 14.4. The summed E-state index contributed by atoms with van der Waals surface area (Å²) in [5, 5.41) is 20.9. The minimum atomic E-state index is -0.488. The van der Waals surface area contributed by atoms with Gasteiger partial charge in [0.25, 0.3) is 11.6 Å². The van der Waals surface area contributed by atoms with E-state index in [1.54, 1.807) is 54.6 Å². The zero-order valence-electron chi connectivity index (χ0n) is 15.4. The highest BCUT2D eigenvalue weighted by Crippen LogP contribution is 2.31. The molecule has 7 nitrogen and oxygen atoms in total. The van der Waals surface area contributed by atoms with Gasteiger partial charge in [0.1, 0.15) is 17.3 Å². The van der Waals surface area contributed by atoms with Crippen LogP contribution in [0.25, 0.3) is 6.08 Å². The number of hydrogen-bond donors (Lipinski definition) is 1. The van der Waals surface area contributed by atoms with E-state index >= 15 is 0 Å². The average Bonchev–Trinajstić information content (AvgIpc) is 3.05. The van der Waals surface area contributed by atoms with Gasteiger partial charge in [-0.15, -0.1) is 0 Å². The Balaban J connectivity index is 1.80. The van der Waals surface area contributed by atoms with Gasteiger partial charge < -0.3 is 5.11 Å². The van der Waals surface area contributed by atoms with Gasteiger partial charge in [-0.05, 0) is 60.2 Å². The molecule has 0 radical (unpaired) electrons. The fourth-order valence-electron chi connectivity index (χ4n) is 3.03. The lowest BCUT2D eigenvalue weighted by Crippen LogP contribution is -2.32. The van der Waals surface area contributed by atoms with Crippen LogP contribution in [0.15, 0.2) is 83.5 Å². The molecular formula is C22H14ClN3O4. The SMILES string of the molecule is O=C1/C(=C\c2ccc([N+](=O)[O-])cc2)N=C(c2ccccc2Cl)N1c1ccc(O)cc1. The Morgan fingerprint density at radius 2 is 1.67 bits per heavy atom. The van der Waals surface area contributed by atoms with E-state index in [1.807, 2.05) is 0 Å². The molecule has 30 heavy (non-hydrogen) atoms. The van der Waals surface area contributed by atoms with Crippen LogP contribution < -0.4 is 4.90 Å². The molecule has 148 valence electrons. The highest BCUT2D eigenvalue weighted by molar-refractivity contribution is 6.39. The Kier molecular flexibility index (Phi) is 5.04. The number of nitrogens with zero attached hydrogens (tertiary/aromatic N) is 3. The number of rotatable bonds is 4. The molecule has 0 bridgehead atoms. The number of benzene rings is 3. The van der Waals surface area contributed by atoms with Gasteiger partial charge in [0.2, 0.25) is 0 Å². The van der Waals surface area contributed by atoms with Gasteiger partial charge in [0.05, 0.1) is 15.6 Å². The summed E-state index contributed by atoms with van der Waals surface area (Å²) < 4.78 is 0. The van der Waals surface area contributed by atoms with Crippen LogP contribution in [0.5, 0.6) is 5.75 Å². The fourth-order valence-corrected chi connectivity index (χ4v) is 3.25. The number of phenols is 1. The maximum Gasteiger partial charge on any atom is 0.282 e. The summed E-state index contributed by atoms with van der Waals surface area (Å²) in [5.41, 5.74) is 1.81. The number of amides is 1. The van der Waals surface area contributed by atoms with E-state index in [-0.39, 0.29) is 23.0 Å². The first kappa shape index (κ1) is 19.4. The van der Waals surface area contributed by atoms with Gasteiger partial charge in [0, 0.05) is 17.7 Å². The number of aliphatic imine (C=N–C) groups is 1. The smallest absolute Gasteiger partial charge is 0.282 e. The number of anilines is 1. The number of aromatic hydroxyl groups is 1. The topological polar surface area (TPSA) is 96.0 Å². The summed E-state index contributed by atoms with van der Waals surface area (Å²) in [6, 6.07) is 19.0. The van der Waals surface area contributed by atoms with Crippen LogP contribution in [0.4, 0.5) is 11.4 Å². The number of amidine groups is 1. The van der Waals surface area contributed by atoms with Crippen LogP contribution in [0, 0.1) is 10.1 Å². The molecule has 1 N–H and O–H groups in total. The first-order valence-corrected chi connectivity index (χ1v) is 9.25. The van der Waals surface area contributed by atoms with Gasteiger partial charge in [0.15, 0.2) is 0 Å². The predicted octanol–water partition coefficient (Wildman–Crippen LogP) is 4.79. The van der Waals surface area contributed by atoms with E-state index in [9.17, 15) is 20.0 Å². The van der Waals surface area contributed by atoms with Crippen molar-refractivity contribution < 1.29 is 14.8 Å². The van der Waals surface area contributed by atoms with Crippen molar-refractivity contribution in [2.45, 2.75) is 0 Å². The van der Waals surface area contributed by atoms with Crippen LogP contribution in [-0.4, -0.2) is 21.8 Å². The summed E-state index contributed by atoms with van der Waals surface area (Å²) in [6.07, 6.45) is 1.56. The lowest BCUT2D eigenvalue weighted by Gasteiger charge is -2.19. The number of phenolic OH excluding ortho intramolecular Hbond substituents is 1. The van der Waals surface area contributed by atoms with E-state index in [0.717, 1.165) is 0 Å². The first-order valence-electron chi connectivity index (χ1n) is 8.87. The molecule has 0 fully saturated rings. The Hall–Kier alpha value is -3.97. The Bertz CT molecular complexity index is 1200. The van der Waals surface area contributed by atoms with Crippen molar-refractivity contribution in [3.8, 4) is 5.75 Å². The molecule has 8 heteroatoms. The largest absolute Gasteiger partial charge is 0.508 e. The molecule has 0 atom stereocenters. The third-order valence-corrected chi connectivity index (χ3v) is 4.82. The van der Waals surface area contributed by atoms with E-state index in [2.05, 4.69) is 4.99 Å². The molecule has 1 aliphatic heterocycles. The second-order valence-corrected chi connectivity index (χ2v) is 6.86. The minimum absolute atomic E-state index is 0.0409. The van der Waals surface area contributed by atoms with Crippen molar-refractivity contribution in [1.29, 1.82) is 0 Å². The second kappa shape index (κ2) is 7.81. The van der Waals surface area contributed by atoms with Crippen molar-refractivity contribution in [2.75, 3.05) is 4.90 Å². The van der Waals surface area contributed by atoms with Crippen molar-refractivity contribution in [2.24, 2.45) is 4.99 Å². The van der Waals surface area contributed by atoms with E-state index < -0.39 is 4.92 Å². The lowest BCUT2D eigenvalue weighted by atomic mass is 10.1. The number of non-ortho nitro benzene ring substituents is 1. The number of nitro benzene ring substituents is 1. The van der Waals surface area contributed by atoms with E-state index in [1.165, 1.54) is 29.2 Å². The monoisotopic (exact) mass is 419 g/mol. The molecule has 4 rings (SSSR count). The zero-order valence-corrected chi connectivity index (χ0v) is 16.2. The van der Waals surface area contributed by atoms with Crippen molar-refractivity contribution in [3.05, 3.63) is 105 Å². The molecule has 0 aromatic heterocycles. The zero-order chi connectivity index (χ0) is 21.3. The summed E-state index contributed by atoms with van der Waals surface area (Å²) in [5.74, 6) is 0.0432. The number of nitro groups is 1. The third kappa shape index (κ3) is 3.66. The minimum Gasteiger partial charge on any atom is -0.508 e. The van der Waals surface area contributed by atoms with Crippen LogP contribution in [0.1, 0.15) is 11.1 Å². The number of carbonyl (C=O) groups is 1. The van der Waals surface area contributed by atoms with Gasteiger partial charge in [-0.25, -0.2) is 4.99 Å². The molecule has 0 unspecified atom stereocenters. The highest BCUT2D eigenvalue weighted by atomic mass is 35.5. The maximum absolute atomic E-state index is 13.2. The number of halogens is 1. The fraction of sp³-hybridized carbons (Fsp3) is 0. The third-order valence-electron chi connectivity index (χ3n) is 4.49. The second-order valence-electron chi connectivity index (χ2n) is 6.45. The highest BCUT2D eigenvalue weighted by Gasteiger charge is 2.33. The Morgan fingerprint density at radius 3 is 2.30 bits per heavy atom. The van der Waals surface area contributed by atoms with Gasteiger partial charge in [-0.3, -0.25) is 19.8 Å². The van der Waals surface area contributed by atoms with E-state index in [0.29, 0.717) is 27.7 Å². The van der Waals surface area contributed by atoms with Crippen molar-refractivity contribution in [3.63, 3.8) is 0 Å². The van der Waals surface area contributed by atoms with Crippen LogP contribution >= 0.6 is 11.6 Å². The van der Waals surface area contributed by atoms with Crippen molar-refractivity contribution >= 4 is 40.8 Å². The number of carbonyl (C=O) groups excluding carboxylic acids is 1. The summed E-state index contributed by atoms with van der Waals surface area (Å²) in [6.45, 7) is 0. The van der Waals surface area contributed by atoms with Crippen LogP contribution in [0.3, 0.4) is 0 Å². The number of hydrogen-bond acceptors (Lipinski definition) is 5. The Labute approximate surface area is 176 Å². The van der Waals surface area contributed by atoms with Crippen LogP contribution in [-0.2, 0) is 4.79 Å². The molecule has 1 heterocycles. The summed E-state index contributed by atoms with van der Waals surface area (Å²) >= 11 is 6.34. The van der Waals surface area contributed by atoms with Gasteiger partial charge >= 0.3 is 0 Å². The molecule has 0 saturated carbocycles. The molecule has 0 aliphatic carbocycles. The quantitative estimate of drug-likeness (QED) is 0.373. The Morgan fingerprint density at radius 1 is 1.00 bits per heavy atom. The molecule has 0 spiro atoms. The van der Waals surface area contributed by atoms with Crippen molar-refractivity contribution in [1.82, 2.24) is 0 Å². The van der Waals surface area contributed by atoms with Gasteiger partial charge in [-0.2, -0.15) is 0 Å². The molecule has 1 aliphatic rings. The van der Waals surface area contributed by atoms with Crippen LogP contribution in [0.2, 0.25) is 5.02 Å². The van der Waals surface area contributed by atoms with Gasteiger partial charge in [-0.1, -0.05) is 23.7 Å².